The maximum Gasteiger partial charge on any atom is 0.343 e. The van der Waals surface area contributed by atoms with E-state index in [1.165, 1.54) is 30.5 Å². The molecule has 9 nitrogen and oxygen atoms in total. The van der Waals surface area contributed by atoms with E-state index in [0.717, 1.165) is 0 Å². The molecular weight excluding hydrogens is 591 g/mol. The van der Waals surface area contributed by atoms with Crippen LogP contribution in [0.1, 0.15) is 26.4 Å². The Balaban J connectivity index is 1.40. The number of para-hydroxylation sites is 1. The van der Waals surface area contributed by atoms with Crippen molar-refractivity contribution in [2.45, 2.75) is 0 Å². The minimum Gasteiger partial charge on any atom is -0.422 e. The zero-order valence-corrected chi connectivity index (χ0v) is 23.0. The molecule has 0 saturated carbocycles. The lowest BCUT2D eigenvalue weighted by molar-refractivity contribution is -0.384. The normalized spacial score (nSPS) is 11.1. The quantitative estimate of drug-likeness (QED) is 0.0645. The molecule has 0 unspecified atom stereocenters. The third-order valence-corrected chi connectivity index (χ3v) is 6.85. The van der Waals surface area contributed by atoms with Crippen LogP contribution in [-0.2, 0) is 0 Å². The molecule has 2 N–H and O–H groups in total. The van der Waals surface area contributed by atoms with E-state index in [-0.39, 0.29) is 22.7 Å². The van der Waals surface area contributed by atoms with Crippen LogP contribution in [0.25, 0.3) is 22.0 Å². The van der Waals surface area contributed by atoms with E-state index in [1.54, 1.807) is 60.7 Å². The number of carbonyl (C=O) groups excluding carboxylic acids is 2. The van der Waals surface area contributed by atoms with Gasteiger partial charge in [0.25, 0.3) is 11.6 Å². The van der Waals surface area contributed by atoms with E-state index in [2.05, 4.69) is 15.5 Å². The van der Waals surface area contributed by atoms with Crippen molar-refractivity contribution in [1.82, 2.24) is 10.4 Å². The summed E-state index contributed by atoms with van der Waals surface area (Å²) < 4.78 is 5.47. The van der Waals surface area contributed by atoms with Crippen molar-refractivity contribution in [3.8, 4) is 16.9 Å². The molecule has 0 aliphatic carbocycles. The number of carbonyl (C=O) groups is 2. The standard InChI is InChI=1S/C29H17Cl3N4O5/c30-18-13-21-25(20-6-2-3-7-22(20)31)27(34-26(21)23(32)14-18)28(37)35-33-15-17-5-1-4-8-24(17)41-29(38)16-9-11-19(12-10-16)36(39)40/h1-15,34H,(H,35,37). The Morgan fingerprint density at radius 1 is 0.927 bits per heavy atom. The number of aromatic nitrogens is 1. The first-order valence-electron chi connectivity index (χ1n) is 11.9. The summed E-state index contributed by atoms with van der Waals surface area (Å²) in [5.74, 6) is -1.14. The number of benzene rings is 4. The molecule has 0 bridgehead atoms. The van der Waals surface area contributed by atoms with Crippen LogP contribution in [0, 0.1) is 10.1 Å². The predicted octanol–water partition coefficient (Wildman–Crippen LogP) is 7.69. The van der Waals surface area contributed by atoms with E-state index in [0.29, 0.717) is 42.7 Å². The highest BCUT2D eigenvalue weighted by Crippen LogP contribution is 2.40. The van der Waals surface area contributed by atoms with E-state index >= 15 is 0 Å². The van der Waals surface area contributed by atoms with Gasteiger partial charge in [0.1, 0.15) is 11.4 Å². The highest BCUT2D eigenvalue weighted by atomic mass is 35.5. The molecule has 0 atom stereocenters. The van der Waals surface area contributed by atoms with Crippen LogP contribution in [-0.4, -0.2) is 28.0 Å². The monoisotopic (exact) mass is 606 g/mol. The highest BCUT2D eigenvalue weighted by Gasteiger charge is 2.22. The maximum atomic E-state index is 13.3. The summed E-state index contributed by atoms with van der Waals surface area (Å²) in [5.41, 5.74) is 4.60. The van der Waals surface area contributed by atoms with Crippen molar-refractivity contribution in [2.75, 3.05) is 0 Å². The Morgan fingerprint density at radius 3 is 2.37 bits per heavy atom. The lowest BCUT2D eigenvalue weighted by Crippen LogP contribution is -2.19. The third kappa shape index (κ3) is 5.92. The van der Waals surface area contributed by atoms with Crippen LogP contribution in [0.4, 0.5) is 5.69 Å². The molecule has 1 heterocycles. The lowest BCUT2D eigenvalue weighted by Gasteiger charge is -2.08. The minimum absolute atomic E-state index is 0.125. The topological polar surface area (TPSA) is 127 Å². The first-order chi connectivity index (χ1) is 19.7. The van der Waals surface area contributed by atoms with Gasteiger partial charge in [0.05, 0.1) is 27.2 Å². The number of hydrazone groups is 1. The van der Waals surface area contributed by atoms with Gasteiger partial charge in [0, 0.05) is 44.3 Å². The number of nitro benzene ring substituents is 1. The molecule has 5 aromatic rings. The van der Waals surface area contributed by atoms with Crippen molar-refractivity contribution in [1.29, 1.82) is 0 Å². The van der Waals surface area contributed by atoms with Gasteiger partial charge in [-0.05, 0) is 42.5 Å². The minimum atomic E-state index is -0.720. The number of rotatable bonds is 7. The molecule has 12 heteroatoms. The number of hydrogen-bond donors (Lipinski definition) is 2. The van der Waals surface area contributed by atoms with Crippen molar-refractivity contribution in [3.05, 3.63) is 127 Å². The molecule has 0 spiro atoms. The van der Waals surface area contributed by atoms with Gasteiger partial charge in [-0.25, -0.2) is 10.2 Å². The Bertz CT molecular complexity index is 1850. The Morgan fingerprint density at radius 2 is 1.63 bits per heavy atom. The van der Waals surface area contributed by atoms with Gasteiger partial charge in [-0.1, -0.05) is 65.1 Å². The van der Waals surface area contributed by atoms with Crippen molar-refractivity contribution < 1.29 is 19.2 Å². The van der Waals surface area contributed by atoms with Gasteiger partial charge in [-0.15, -0.1) is 0 Å². The van der Waals surface area contributed by atoms with Crippen LogP contribution >= 0.6 is 34.8 Å². The number of nitro groups is 1. The zero-order chi connectivity index (χ0) is 29.1. The molecule has 0 fully saturated rings. The predicted molar refractivity (Wildman–Crippen MR) is 158 cm³/mol. The first-order valence-corrected chi connectivity index (χ1v) is 13.0. The number of amides is 1. The van der Waals surface area contributed by atoms with Crippen molar-refractivity contribution in [3.63, 3.8) is 0 Å². The van der Waals surface area contributed by atoms with Gasteiger partial charge >= 0.3 is 5.97 Å². The summed E-state index contributed by atoms with van der Waals surface area (Å²) >= 11 is 19.1. The molecule has 4 aromatic carbocycles. The second kappa shape index (κ2) is 11.8. The molecule has 5 rings (SSSR count). The van der Waals surface area contributed by atoms with Gasteiger partial charge in [0.2, 0.25) is 0 Å². The number of hydrogen-bond acceptors (Lipinski definition) is 6. The third-order valence-electron chi connectivity index (χ3n) is 6.00. The summed E-state index contributed by atoms with van der Waals surface area (Å²) in [6.45, 7) is 0. The van der Waals surface area contributed by atoms with Gasteiger partial charge < -0.3 is 9.72 Å². The van der Waals surface area contributed by atoms with E-state index in [1.807, 2.05) is 0 Å². The number of esters is 1. The SMILES string of the molecule is O=C(Oc1ccccc1C=NNC(=O)c1[nH]c2c(Cl)cc(Cl)cc2c1-c1ccccc1Cl)c1ccc([N+](=O)[O-])cc1. The van der Waals surface area contributed by atoms with Crippen molar-refractivity contribution >= 4 is 69.5 Å². The molecule has 1 aromatic heterocycles. The van der Waals surface area contributed by atoms with Gasteiger partial charge in [-0.3, -0.25) is 14.9 Å². The average molecular weight is 608 g/mol. The number of H-pyrrole nitrogens is 1. The summed E-state index contributed by atoms with van der Waals surface area (Å²) in [7, 11) is 0. The largest absolute Gasteiger partial charge is 0.422 e. The molecule has 204 valence electrons. The summed E-state index contributed by atoms with van der Waals surface area (Å²) in [6, 6.07) is 21.9. The van der Waals surface area contributed by atoms with Gasteiger partial charge in [-0.2, -0.15) is 5.10 Å². The molecule has 0 aliphatic heterocycles. The van der Waals surface area contributed by atoms with E-state index in [4.69, 9.17) is 39.5 Å². The average Bonchev–Trinajstić information content (AvgIpc) is 3.34. The van der Waals surface area contributed by atoms with Crippen LogP contribution < -0.4 is 10.2 Å². The molecule has 0 saturated heterocycles. The molecular formula is C29H17Cl3N4O5. The fourth-order valence-corrected chi connectivity index (χ4v) is 4.88. The Kier molecular flexibility index (Phi) is 8.02. The number of nitrogens with zero attached hydrogens (tertiary/aromatic N) is 2. The van der Waals surface area contributed by atoms with E-state index < -0.39 is 16.8 Å². The highest BCUT2D eigenvalue weighted by molar-refractivity contribution is 6.39. The number of aromatic amines is 1. The molecule has 0 radical (unpaired) electrons. The molecule has 41 heavy (non-hydrogen) atoms. The summed E-state index contributed by atoms with van der Waals surface area (Å²) in [4.78, 5) is 39.3. The Hall–Kier alpha value is -4.70. The lowest BCUT2D eigenvalue weighted by atomic mass is 10.0. The fraction of sp³-hybridized carbons (Fsp3) is 0. The van der Waals surface area contributed by atoms with Crippen molar-refractivity contribution in [2.24, 2.45) is 5.10 Å². The van der Waals surface area contributed by atoms with Crippen LogP contribution in [0.2, 0.25) is 15.1 Å². The zero-order valence-electron chi connectivity index (χ0n) is 20.7. The van der Waals surface area contributed by atoms with Gasteiger partial charge in [0.15, 0.2) is 0 Å². The van der Waals surface area contributed by atoms with Crippen LogP contribution in [0.5, 0.6) is 5.75 Å². The number of fused-ring (bicyclic) bond motifs is 1. The smallest absolute Gasteiger partial charge is 0.343 e. The van der Waals surface area contributed by atoms with Crippen LogP contribution in [0.3, 0.4) is 0 Å². The maximum absolute atomic E-state index is 13.3. The van der Waals surface area contributed by atoms with Crippen LogP contribution in [0.15, 0.2) is 90.0 Å². The number of nitrogens with one attached hydrogen (secondary N) is 2. The first kappa shape index (κ1) is 27.9. The van der Waals surface area contributed by atoms with E-state index in [9.17, 15) is 19.7 Å². The fourth-order valence-electron chi connectivity index (χ4n) is 4.11. The summed E-state index contributed by atoms with van der Waals surface area (Å²) in [6.07, 6.45) is 1.32. The number of halogens is 3. The molecule has 0 aliphatic rings. The number of non-ortho nitro benzene ring substituents is 1. The Labute approximate surface area is 247 Å². The second-order valence-electron chi connectivity index (χ2n) is 8.60. The second-order valence-corrected chi connectivity index (χ2v) is 9.85. The number of ether oxygens (including phenoxy) is 1. The summed E-state index contributed by atoms with van der Waals surface area (Å²) in [5, 5.41) is 16.7. The molecule has 1 amide bonds.